The van der Waals surface area contributed by atoms with Crippen LogP contribution in [0.1, 0.15) is 54.9 Å². The van der Waals surface area contributed by atoms with Gasteiger partial charge in [-0.05, 0) is 76.0 Å². The SMILES string of the molecule is CC(C)=C1C2CCC1C1C(=O)C(c3c(C)cc(C)cc3C)C(=O)C21. The van der Waals surface area contributed by atoms with Crippen molar-refractivity contribution in [3.05, 3.63) is 45.5 Å². The number of allylic oxidation sites excluding steroid dienone is 2. The van der Waals surface area contributed by atoms with Crippen LogP contribution in [-0.2, 0) is 9.59 Å². The van der Waals surface area contributed by atoms with Crippen LogP contribution in [0.25, 0.3) is 0 Å². The van der Waals surface area contributed by atoms with Gasteiger partial charge in [0.2, 0.25) is 0 Å². The fraction of sp³-hybridized carbons (Fsp3) is 0.545. The second-order valence-corrected chi connectivity index (χ2v) is 8.35. The number of ketones is 2. The average Bonchev–Trinajstić information content (AvgIpc) is 3.11. The number of fused-ring (bicyclic) bond motifs is 5. The first-order valence-electron chi connectivity index (χ1n) is 9.15. The third-order valence-corrected chi connectivity index (χ3v) is 6.67. The van der Waals surface area contributed by atoms with Gasteiger partial charge >= 0.3 is 0 Å². The van der Waals surface area contributed by atoms with Gasteiger partial charge in [-0.3, -0.25) is 9.59 Å². The highest BCUT2D eigenvalue weighted by Gasteiger charge is 2.63. The second kappa shape index (κ2) is 5.15. The Morgan fingerprint density at radius 3 is 1.75 bits per heavy atom. The van der Waals surface area contributed by atoms with Crippen molar-refractivity contribution in [2.24, 2.45) is 23.7 Å². The van der Waals surface area contributed by atoms with Crippen LogP contribution in [0.2, 0.25) is 0 Å². The molecule has 0 N–H and O–H groups in total. The molecule has 2 heteroatoms. The summed E-state index contributed by atoms with van der Waals surface area (Å²) in [6.45, 7) is 10.4. The van der Waals surface area contributed by atoms with Crippen molar-refractivity contribution in [2.45, 2.75) is 53.4 Å². The highest BCUT2D eigenvalue weighted by Crippen LogP contribution is 2.62. The van der Waals surface area contributed by atoms with Gasteiger partial charge in [-0.1, -0.05) is 28.8 Å². The van der Waals surface area contributed by atoms with E-state index in [1.165, 1.54) is 16.7 Å². The van der Waals surface area contributed by atoms with Crippen molar-refractivity contribution >= 4 is 11.6 Å². The maximum absolute atomic E-state index is 13.3. The van der Waals surface area contributed by atoms with Crippen LogP contribution >= 0.6 is 0 Å². The Morgan fingerprint density at radius 1 is 0.875 bits per heavy atom. The molecule has 3 fully saturated rings. The number of Topliss-reactive ketones (excluding diaryl/α,β-unsaturated/α-hetero) is 2. The molecule has 24 heavy (non-hydrogen) atoms. The molecule has 3 aliphatic carbocycles. The van der Waals surface area contributed by atoms with Crippen molar-refractivity contribution in [2.75, 3.05) is 0 Å². The second-order valence-electron chi connectivity index (χ2n) is 8.35. The first kappa shape index (κ1) is 15.8. The summed E-state index contributed by atoms with van der Waals surface area (Å²) in [4.78, 5) is 26.6. The van der Waals surface area contributed by atoms with Gasteiger partial charge in [0.05, 0.1) is 0 Å². The minimum absolute atomic E-state index is 0.0498. The molecule has 0 aromatic heterocycles. The van der Waals surface area contributed by atoms with E-state index in [9.17, 15) is 9.59 Å². The molecule has 2 bridgehead atoms. The molecule has 0 aliphatic heterocycles. The van der Waals surface area contributed by atoms with Crippen LogP contribution < -0.4 is 0 Å². The summed E-state index contributed by atoms with van der Waals surface area (Å²) >= 11 is 0. The normalized spacial score (nSPS) is 34.2. The third kappa shape index (κ3) is 1.89. The van der Waals surface area contributed by atoms with E-state index in [0.29, 0.717) is 11.8 Å². The summed E-state index contributed by atoms with van der Waals surface area (Å²) in [5.41, 5.74) is 7.13. The van der Waals surface area contributed by atoms with Gasteiger partial charge in [-0.25, -0.2) is 0 Å². The smallest absolute Gasteiger partial charge is 0.152 e. The van der Waals surface area contributed by atoms with Crippen molar-refractivity contribution in [3.8, 4) is 0 Å². The van der Waals surface area contributed by atoms with Crippen LogP contribution in [0.3, 0.4) is 0 Å². The lowest BCUT2D eigenvalue weighted by Crippen LogP contribution is -2.24. The van der Waals surface area contributed by atoms with Crippen molar-refractivity contribution in [1.29, 1.82) is 0 Å². The Balaban J connectivity index is 1.81. The zero-order valence-electron chi connectivity index (χ0n) is 15.3. The summed E-state index contributed by atoms with van der Waals surface area (Å²) in [6.07, 6.45) is 2.17. The number of benzene rings is 1. The first-order valence-corrected chi connectivity index (χ1v) is 9.15. The predicted molar refractivity (Wildman–Crippen MR) is 95.0 cm³/mol. The van der Waals surface area contributed by atoms with E-state index in [4.69, 9.17) is 0 Å². The Hall–Kier alpha value is -1.70. The predicted octanol–water partition coefficient (Wildman–Crippen LogP) is 4.46. The van der Waals surface area contributed by atoms with Crippen molar-refractivity contribution in [3.63, 3.8) is 0 Å². The molecule has 3 saturated carbocycles. The number of carbonyl (C=O) groups is 2. The van der Waals surface area contributed by atoms with E-state index in [-0.39, 0.29) is 23.4 Å². The molecule has 0 heterocycles. The van der Waals surface area contributed by atoms with Crippen LogP contribution in [0.5, 0.6) is 0 Å². The van der Waals surface area contributed by atoms with Crippen LogP contribution in [0, 0.1) is 44.4 Å². The molecule has 1 aromatic carbocycles. The molecular formula is C22H26O2. The van der Waals surface area contributed by atoms with E-state index >= 15 is 0 Å². The number of carbonyl (C=O) groups excluding carboxylic acids is 2. The molecule has 0 radical (unpaired) electrons. The average molecular weight is 322 g/mol. The number of rotatable bonds is 1. The van der Waals surface area contributed by atoms with Gasteiger partial charge in [0.1, 0.15) is 5.92 Å². The minimum Gasteiger partial charge on any atom is -0.298 e. The largest absolute Gasteiger partial charge is 0.298 e. The maximum Gasteiger partial charge on any atom is 0.152 e. The highest BCUT2D eigenvalue weighted by atomic mass is 16.2. The zero-order chi connectivity index (χ0) is 17.3. The van der Waals surface area contributed by atoms with Crippen molar-refractivity contribution in [1.82, 2.24) is 0 Å². The zero-order valence-corrected chi connectivity index (χ0v) is 15.3. The Morgan fingerprint density at radius 2 is 1.33 bits per heavy atom. The fourth-order valence-electron chi connectivity index (χ4n) is 6.14. The Bertz CT molecular complexity index is 739. The van der Waals surface area contributed by atoms with Gasteiger partial charge in [0.25, 0.3) is 0 Å². The molecule has 2 nitrogen and oxygen atoms in total. The van der Waals surface area contributed by atoms with Crippen LogP contribution in [0.4, 0.5) is 0 Å². The summed E-state index contributed by atoms with van der Waals surface area (Å²) in [7, 11) is 0. The van der Waals surface area contributed by atoms with Crippen LogP contribution in [-0.4, -0.2) is 11.6 Å². The molecule has 0 saturated heterocycles. The molecule has 4 atom stereocenters. The molecule has 0 amide bonds. The Kier molecular flexibility index (Phi) is 3.39. The molecule has 126 valence electrons. The van der Waals surface area contributed by atoms with Gasteiger partial charge in [0.15, 0.2) is 11.6 Å². The summed E-state index contributed by atoms with van der Waals surface area (Å²) < 4.78 is 0. The van der Waals surface area contributed by atoms with E-state index in [0.717, 1.165) is 29.5 Å². The van der Waals surface area contributed by atoms with E-state index < -0.39 is 5.92 Å². The number of hydrogen-bond donors (Lipinski definition) is 0. The monoisotopic (exact) mass is 322 g/mol. The van der Waals surface area contributed by atoms with E-state index in [2.05, 4.69) is 32.9 Å². The van der Waals surface area contributed by atoms with Crippen molar-refractivity contribution < 1.29 is 9.59 Å². The van der Waals surface area contributed by atoms with Gasteiger partial charge < -0.3 is 0 Å². The standard InChI is InChI=1S/C22H26O2/c1-10(2)16-14-6-7-15(16)19-18(14)21(23)20(22(19)24)17-12(4)8-11(3)9-13(17)5/h8-9,14-15,18-20H,6-7H2,1-5H3. The Labute approximate surface area is 144 Å². The summed E-state index contributed by atoms with van der Waals surface area (Å²) in [5, 5.41) is 0. The number of aryl methyl sites for hydroxylation is 3. The quantitative estimate of drug-likeness (QED) is 0.565. The molecule has 0 spiro atoms. The molecule has 1 aromatic rings. The topological polar surface area (TPSA) is 34.1 Å². The summed E-state index contributed by atoms with van der Waals surface area (Å²) in [5.74, 6) is 0.451. The van der Waals surface area contributed by atoms with E-state index in [1.54, 1.807) is 0 Å². The highest BCUT2D eigenvalue weighted by molar-refractivity contribution is 6.17. The van der Waals surface area contributed by atoms with Crippen LogP contribution in [0.15, 0.2) is 23.3 Å². The fourth-order valence-corrected chi connectivity index (χ4v) is 6.14. The number of hydrogen-bond acceptors (Lipinski definition) is 2. The molecular weight excluding hydrogens is 296 g/mol. The lowest BCUT2D eigenvalue weighted by molar-refractivity contribution is -0.125. The first-order chi connectivity index (χ1) is 11.3. The minimum atomic E-state index is -0.512. The lowest BCUT2D eigenvalue weighted by Gasteiger charge is -2.20. The van der Waals surface area contributed by atoms with Gasteiger partial charge in [-0.15, -0.1) is 0 Å². The molecule has 4 rings (SSSR count). The molecule has 4 unspecified atom stereocenters. The molecule has 3 aliphatic rings. The van der Waals surface area contributed by atoms with Gasteiger partial charge in [-0.2, -0.15) is 0 Å². The van der Waals surface area contributed by atoms with Gasteiger partial charge in [0, 0.05) is 11.8 Å². The van der Waals surface area contributed by atoms with E-state index in [1.807, 2.05) is 13.8 Å². The maximum atomic E-state index is 13.3. The third-order valence-electron chi connectivity index (χ3n) is 6.67. The lowest BCUT2D eigenvalue weighted by atomic mass is 9.81. The summed E-state index contributed by atoms with van der Waals surface area (Å²) in [6, 6.07) is 4.21.